The van der Waals surface area contributed by atoms with Crippen LogP contribution in [0.3, 0.4) is 0 Å². The first-order valence-corrected chi connectivity index (χ1v) is 19.6. The van der Waals surface area contributed by atoms with E-state index in [0.29, 0.717) is 6.61 Å². The molecule has 38 heavy (non-hydrogen) atoms. The number of halogens is 1. The molecule has 0 aliphatic carbocycles. The van der Waals surface area contributed by atoms with Crippen LogP contribution in [0.15, 0.2) is 0 Å². The van der Waals surface area contributed by atoms with E-state index < -0.39 is 0 Å². The Balaban J connectivity index is 3.01. The van der Waals surface area contributed by atoms with E-state index in [9.17, 15) is 0 Å². The maximum Gasteiger partial charge on any atom is 0.0431 e. The van der Waals surface area contributed by atoms with E-state index >= 15 is 0 Å². The van der Waals surface area contributed by atoms with Crippen molar-refractivity contribution < 1.29 is 5.11 Å². The van der Waals surface area contributed by atoms with Crippen LogP contribution >= 0.6 is 22.6 Å². The lowest BCUT2D eigenvalue weighted by atomic mass is 10.0. The summed E-state index contributed by atoms with van der Waals surface area (Å²) < 4.78 is 1.34. The first-order chi connectivity index (χ1) is 18.9. The molecule has 0 aromatic rings. The van der Waals surface area contributed by atoms with Gasteiger partial charge in [0.15, 0.2) is 0 Å². The second-order valence-corrected chi connectivity index (χ2v) is 13.5. The molecule has 0 unspecified atom stereocenters. The molecule has 0 fully saturated rings. The number of unbranched alkanes of at least 4 members (excludes halogenated alkanes) is 33. The Morgan fingerprint density at radius 1 is 0.211 bits per heavy atom. The van der Waals surface area contributed by atoms with Crippen molar-refractivity contribution in [3.63, 3.8) is 0 Å². The fraction of sp³-hybridized carbons (Fsp3) is 1.00. The molecule has 0 saturated heterocycles. The lowest BCUT2D eigenvalue weighted by Crippen LogP contribution is -1.85. The van der Waals surface area contributed by atoms with Gasteiger partial charge in [-0.2, -0.15) is 0 Å². The lowest BCUT2D eigenvalue weighted by Gasteiger charge is -2.05. The molecule has 1 nitrogen and oxygen atoms in total. The average Bonchev–Trinajstić information content (AvgIpc) is 2.93. The minimum Gasteiger partial charge on any atom is -0.396 e. The van der Waals surface area contributed by atoms with Crippen LogP contribution in [0.2, 0.25) is 0 Å². The number of hydrogen-bond acceptors (Lipinski definition) is 1. The number of hydrogen-bond donors (Lipinski definition) is 1. The summed E-state index contributed by atoms with van der Waals surface area (Å²) in [5, 5.41) is 8.78. The minimum atomic E-state index is 0.375. The smallest absolute Gasteiger partial charge is 0.0431 e. The monoisotopic (exact) mass is 648 g/mol. The van der Waals surface area contributed by atoms with Crippen molar-refractivity contribution in [3.8, 4) is 0 Å². The Morgan fingerprint density at radius 2 is 0.342 bits per heavy atom. The number of aliphatic hydroxyl groups excluding tert-OH is 1. The Kier molecular flexibility index (Phi) is 38.4. The van der Waals surface area contributed by atoms with Gasteiger partial charge >= 0.3 is 0 Å². The molecule has 0 atom stereocenters. The highest BCUT2D eigenvalue weighted by molar-refractivity contribution is 14.1. The maximum absolute atomic E-state index is 8.78. The quantitative estimate of drug-likeness (QED) is 0.0412. The normalized spacial score (nSPS) is 11.5. The highest BCUT2D eigenvalue weighted by Crippen LogP contribution is 2.17. The molecule has 0 amide bonds. The van der Waals surface area contributed by atoms with Gasteiger partial charge in [-0.25, -0.2) is 0 Å². The molecule has 0 aromatic carbocycles. The third-order valence-electron chi connectivity index (χ3n) is 8.54. The Morgan fingerprint density at radius 3 is 0.474 bits per heavy atom. The zero-order chi connectivity index (χ0) is 27.5. The summed E-state index contributed by atoms with van der Waals surface area (Å²) in [6.07, 6.45) is 49.1. The van der Waals surface area contributed by atoms with Gasteiger partial charge in [0.1, 0.15) is 0 Å². The fourth-order valence-corrected chi connectivity index (χ4v) is 6.40. The third-order valence-corrected chi connectivity index (χ3v) is 9.30. The van der Waals surface area contributed by atoms with Gasteiger partial charge in [-0.1, -0.05) is 228 Å². The van der Waals surface area contributed by atoms with Gasteiger partial charge in [0.25, 0.3) is 0 Å². The molecule has 0 saturated carbocycles. The molecular formula is C36H73IO. The Bertz CT molecular complexity index is 350. The summed E-state index contributed by atoms with van der Waals surface area (Å²) in [7, 11) is 0. The minimum absolute atomic E-state index is 0.375. The van der Waals surface area contributed by atoms with Crippen molar-refractivity contribution >= 4 is 22.6 Å². The van der Waals surface area contributed by atoms with Crippen molar-refractivity contribution in [2.24, 2.45) is 0 Å². The van der Waals surface area contributed by atoms with Gasteiger partial charge in [0.05, 0.1) is 0 Å². The molecule has 0 heterocycles. The molecule has 230 valence electrons. The van der Waals surface area contributed by atoms with Gasteiger partial charge in [-0.3, -0.25) is 0 Å². The van der Waals surface area contributed by atoms with Crippen LogP contribution in [0.5, 0.6) is 0 Å². The molecule has 1 N–H and O–H groups in total. The topological polar surface area (TPSA) is 20.2 Å². The van der Waals surface area contributed by atoms with Crippen LogP contribution in [-0.2, 0) is 0 Å². The molecule has 0 bridgehead atoms. The average molecular weight is 649 g/mol. The first-order valence-electron chi connectivity index (χ1n) is 18.1. The SMILES string of the molecule is OCCCCCCCCCCCCCCCCCCCCCCCCCCCCCCCCCCCCI. The van der Waals surface area contributed by atoms with E-state index in [1.54, 1.807) is 0 Å². The van der Waals surface area contributed by atoms with E-state index in [1.807, 2.05) is 0 Å². The lowest BCUT2D eigenvalue weighted by molar-refractivity contribution is 0.282. The van der Waals surface area contributed by atoms with Crippen LogP contribution in [-0.4, -0.2) is 16.1 Å². The van der Waals surface area contributed by atoms with Crippen LogP contribution in [0.1, 0.15) is 218 Å². The number of aliphatic hydroxyl groups is 1. The summed E-state index contributed by atoms with van der Waals surface area (Å²) in [6, 6.07) is 0. The van der Waals surface area contributed by atoms with E-state index in [-0.39, 0.29) is 0 Å². The maximum atomic E-state index is 8.78. The van der Waals surface area contributed by atoms with Crippen molar-refractivity contribution in [1.82, 2.24) is 0 Å². The summed E-state index contributed by atoms with van der Waals surface area (Å²) in [5.41, 5.74) is 0. The first kappa shape index (κ1) is 38.7. The molecule has 0 aliphatic heterocycles. The van der Waals surface area contributed by atoms with E-state index in [2.05, 4.69) is 22.6 Å². The van der Waals surface area contributed by atoms with Crippen LogP contribution < -0.4 is 0 Å². The van der Waals surface area contributed by atoms with Crippen molar-refractivity contribution in [2.45, 2.75) is 218 Å². The van der Waals surface area contributed by atoms with Crippen LogP contribution in [0.4, 0.5) is 0 Å². The second-order valence-electron chi connectivity index (χ2n) is 12.4. The van der Waals surface area contributed by atoms with E-state index in [4.69, 9.17) is 5.11 Å². The van der Waals surface area contributed by atoms with E-state index in [0.717, 1.165) is 6.42 Å². The molecular weight excluding hydrogens is 575 g/mol. The molecule has 0 rings (SSSR count). The number of rotatable bonds is 35. The van der Waals surface area contributed by atoms with Gasteiger partial charge in [-0.05, 0) is 17.3 Å². The van der Waals surface area contributed by atoms with Gasteiger partial charge in [0.2, 0.25) is 0 Å². The zero-order valence-corrected chi connectivity index (χ0v) is 28.4. The van der Waals surface area contributed by atoms with Gasteiger partial charge < -0.3 is 5.11 Å². The van der Waals surface area contributed by atoms with Crippen LogP contribution in [0, 0.1) is 0 Å². The van der Waals surface area contributed by atoms with Crippen molar-refractivity contribution in [1.29, 1.82) is 0 Å². The van der Waals surface area contributed by atoms with Crippen LogP contribution in [0.25, 0.3) is 0 Å². The third kappa shape index (κ3) is 36.7. The van der Waals surface area contributed by atoms with E-state index in [1.165, 1.54) is 216 Å². The second kappa shape index (κ2) is 37.7. The Labute approximate surface area is 256 Å². The predicted octanol–water partition coefficient (Wildman–Crippen LogP) is 13.7. The standard InChI is InChI=1S/C36H73IO/c37-35-33-31-29-27-25-23-21-19-17-15-13-11-9-7-5-3-1-2-4-6-8-10-12-14-16-18-20-22-24-26-28-30-32-34-36-38/h38H,1-36H2. The molecule has 0 spiro atoms. The summed E-state index contributed by atoms with van der Waals surface area (Å²) >= 11 is 2.50. The largest absolute Gasteiger partial charge is 0.396 e. The predicted molar refractivity (Wildman–Crippen MR) is 183 cm³/mol. The van der Waals surface area contributed by atoms with Gasteiger partial charge in [0, 0.05) is 6.61 Å². The molecule has 0 radical (unpaired) electrons. The fourth-order valence-electron chi connectivity index (χ4n) is 5.86. The molecule has 0 aromatic heterocycles. The Hall–Kier alpha value is 0.690. The summed E-state index contributed by atoms with van der Waals surface area (Å²) in [6.45, 7) is 0.375. The van der Waals surface area contributed by atoms with Crippen molar-refractivity contribution in [2.75, 3.05) is 11.0 Å². The highest BCUT2D eigenvalue weighted by atomic mass is 127. The van der Waals surface area contributed by atoms with Gasteiger partial charge in [-0.15, -0.1) is 0 Å². The summed E-state index contributed by atoms with van der Waals surface area (Å²) in [5.74, 6) is 0. The summed E-state index contributed by atoms with van der Waals surface area (Å²) in [4.78, 5) is 0. The van der Waals surface area contributed by atoms with Crippen molar-refractivity contribution in [3.05, 3.63) is 0 Å². The molecule has 2 heteroatoms. The number of alkyl halides is 1. The zero-order valence-electron chi connectivity index (χ0n) is 26.3. The molecule has 0 aliphatic rings. The highest BCUT2D eigenvalue weighted by Gasteiger charge is 1.97.